The summed E-state index contributed by atoms with van der Waals surface area (Å²) in [5.41, 5.74) is 8.09. The predicted octanol–water partition coefficient (Wildman–Crippen LogP) is -0.475. The van der Waals surface area contributed by atoms with Crippen LogP contribution in [-0.4, -0.2) is 46.0 Å². The van der Waals surface area contributed by atoms with Crippen LogP contribution in [0.4, 0.5) is 0 Å². The number of rotatable bonds is 7. The highest BCUT2D eigenvalue weighted by molar-refractivity contribution is 5.84. The van der Waals surface area contributed by atoms with Crippen LogP contribution in [0, 0.1) is 0 Å². The summed E-state index contributed by atoms with van der Waals surface area (Å²) in [6.45, 7) is 2.65. The molecule has 0 spiro atoms. The fourth-order valence-electron chi connectivity index (χ4n) is 0.943. The van der Waals surface area contributed by atoms with Gasteiger partial charge in [0.05, 0.1) is 18.8 Å². The van der Waals surface area contributed by atoms with Crippen LogP contribution in [0.2, 0.25) is 0 Å². The van der Waals surface area contributed by atoms with Crippen molar-refractivity contribution in [1.82, 2.24) is 0 Å². The Labute approximate surface area is 86.3 Å². The Morgan fingerprint density at radius 2 is 2.20 bits per heavy atom. The van der Waals surface area contributed by atoms with E-state index >= 15 is 0 Å². The maximum atomic E-state index is 11.1. The Morgan fingerprint density at radius 1 is 1.60 bits per heavy atom. The van der Waals surface area contributed by atoms with Gasteiger partial charge in [-0.15, -0.1) is 6.58 Å². The maximum Gasteiger partial charge on any atom is 0.167 e. The van der Waals surface area contributed by atoms with Crippen molar-refractivity contribution in [2.45, 2.75) is 24.7 Å². The van der Waals surface area contributed by atoms with Gasteiger partial charge in [0.2, 0.25) is 0 Å². The van der Waals surface area contributed by atoms with E-state index in [2.05, 4.69) is 16.6 Å². The number of nitrogens with zero attached hydrogens (tertiary/aromatic N) is 3. The third-order valence-corrected chi connectivity index (χ3v) is 1.78. The van der Waals surface area contributed by atoms with Gasteiger partial charge in [-0.05, 0) is 5.53 Å². The first-order valence-electron chi connectivity index (χ1n) is 4.23. The SMILES string of the molecule is C=CCC(=O)[C@@H](O)[C@H](O)[C@H](CO)N=[N+]=[N-]. The minimum absolute atomic E-state index is 0.105. The summed E-state index contributed by atoms with van der Waals surface area (Å²) in [4.78, 5) is 13.5. The molecule has 0 heterocycles. The lowest BCUT2D eigenvalue weighted by atomic mass is 10.0. The summed E-state index contributed by atoms with van der Waals surface area (Å²) >= 11 is 0. The summed E-state index contributed by atoms with van der Waals surface area (Å²) in [5, 5.41) is 30.4. The third kappa shape index (κ3) is 4.09. The molecule has 7 nitrogen and oxygen atoms in total. The van der Waals surface area contributed by atoms with Crippen LogP contribution in [0.5, 0.6) is 0 Å². The Balaban J connectivity index is 4.51. The van der Waals surface area contributed by atoms with Crippen molar-refractivity contribution in [2.24, 2.45) is 5.11 Å². The van der Waals surface area contributed by atoms with Gasteiger partial charge in [0.1, 0.15) is 6.10 Å². The van der Waals surface area contributed by atoms with Crippen LogP contribution in [0.1, 0.15) is 6.42 Å². The zero-order valence-corrected chi connectivity index (χ0v) is 8.02. The third-order valence-electron chi connectivity index (χ3n) is 1.78. The van der Waals surface area contributed by atoms with Crippen molar-refractivity contribution in [2.75, 3.05) is 6.61 Å². The summed E-state index contributed by atoms with van der Waals surface area (Å²) in [6, 6.07) is -1.24. The highest BCUT2D eigenvalue weighted by atomic mass is 16.3. The molecule has 0 amide bonds. The van der Waals surface area contributed by atoms with Gasteiger partial charge in [-0.25, -0.2) is 0 Å². The molecule has 0 rings (SSSR count). The molecule has 0 aromatic carbocycles. The zero-order valence-electron chi connectivity index (χ0n) is 8.02. The van der Waals surface area contributed by atoms with Crippen molar-refractivity contribution in [3.63, 3.8) is 0 Å². The second kappa shape index (κ2) is 6.97. The minimum atomic E-state index is -1.69. The molecule has 0 aliphatic heterocycles. The fraction of sp³-hybridized carbons (Fsp3) is 0.625. The van der Waals surface area contributed by atoms with Crippen LogP contribution >= 0.6 is 0 Å². The van der Waals surface area contributed by atoms with Crippen molar-refractivity contribution in [1.29, 1.82) is 0 Å². The van der Waals surface area contributed by atoms with E-state index in [9.17, 15) is 15.0 Å². The Morgan fingerprint density at radius 3 is 2.60 bits per heavy atom. The topological polar surface area (TPSA) is 127 Å². The van der Waals surface area contributed by atoms with Crippen molar-refractivity contribution in [3.8, 4) is 0 Å². The number of ketones is 1. The van der Waals surface area contributed by atoms with E-state index in [1.54, 1.807) is 0 Å². The van der Waals surface area contributed by atoms with Crippen LogP contribution in [-0.2, 0) is 4.79 Å². The molecule has 0 aliphatic carbocycles. The highest BCUT2D eigenvalue weighted by Gasteiger charge is 2.29. The minimum Gasteiger partial charge on any atom is -0.396 e. The summed E-state index contributed by atoms with van der Waals surface area (Å²) < 4.78 is 0. The van der Waals surface area contributed by atoms with Crippen molar-refractivity contribution < 1.29 is 20.1 Å². The Kier molecular flexibility index (Phi) is 6.32. The maximum absolute atomic E-state index is 11.1. The van der Waals surface area contributed by atoms with Crippen LogP contribution in [0.3, 0.4) is 0 Å². The van der Waals surface area contributed by atoms with Gasteiger partial charge < -0.3 is 15.3 Å². The molecule has 3 N–H and O–H groups in total. The molecule has 0 unspecified atom stereocenters. The molecule has 84 valence electrons. The number of hydrogen-bond donors (Lipinski definition) is 3. The average molecular weight is 215 g/mol. The molecule has 3 atom stereocenters. The molecule has 15 heavy (non-hydrogen) atoms. The number of carbonyl (C=O) groups excluding carboxylic acids is 1. The van der Waals surface area contributed by atoms with E-state index in [1.807, 2.05) is 0 Å². The number of hydrogen-bond acceptors (Lipinski definition) is 5. The monoisotopic (exact) mass is 215 g/mol. The number of azide groups is 1. The molecule has 0 fully saturated rings. The standard InChI is InChI=1S/C8H13N3O4/c1-2-3-6(13)8(15)7(14)5(4-12)10-11-9/h2,5,7-8,12,14-15H,1,3-4H2/t5-,7+,8+/m0/s1. The van der Waals surface area contributed by atoms with E-state index in [0.29, 0.717) is 0 Å². The Bertz CT molecular complexity index is 275. The second-order valence-electron chi connectivity index (χ2n) is 2.85. The quantitative estimate of drug-likeness (QED) is 0.229. The fourth-order valence-corrected chi connectivity index (χ4v) is 0.943. The number of allylic oxidation sites excluding steroid dienone is 1. The van der Waals surface area contributed by atoms with Crippen molar-refractivity contribution >= 4 is 5.78 Å². The number of carbonyl (C=O) groups is 1. The van der Waals surface area contributed by atoms with Gasteiger partial charge >= 0.3 is 0 Å². The van der Waals surface area contributed by atoms with Gasteiger partial charge in [-0.1, -0.05) is 11.2 Å². The molecule has 0 aromatic heterocycles. The molecule has 7 heteroatoms. The first kappa shape index (κ1) is 13.6. The van der Waals surface area contributed by atoms with E-state index in [0.717, 1.165) is 0 Å². The van der Waals surface area contributed by atoms with Crippen LogP contribution in [0.25, 0.3) is 10.4 Å². The first-order chi connectivity index (χ1) is 7.08. The van der Waals surface area contributed by atoms with Gasteiger partial charge in [0.15, 0.2) is 5.78 Å². The van der Waals surface area contributed by atoms with E-state index in [1.165, 1.54) is 6.08 Å². The lowest BCUT2D eigenvalue weighted by Crippen LogP contribution is -2.42. The predicted molar refractivity (Wildman–Crippen MR) is 51.9 cm³/mol. The summed E-state index contributed by atoms with van der Waals surface area (Å²) in [6.07, 6.45) is -2.13. The summed E-state index contributed by atoms with van der Waals surface area (Å²) in [5.74, 6) is -0.649. The number of Topliss-reactive ketones (excluding diaryl/α,β-unsaturated/α-hetero) is 1. The van der Waals surface area contributed by atoms with E-state index in [4.69, 9.17) is 10.6 Å². The molecular weight excluding hydrogens is 202 g/mol. The smallest absolute Gasteiger partial charge is 0.167 e. The van der Waals surface area contributed by atoms with Gasteiger partial charge in [-0.3, -0.25) is 4.79 Å². The average Bonchev–Trinajstić information content (AvgIpc) is 2.24. The Hall–Kier alpha value is -1.40. The second-order valence-corrected chi connectivity index (χ2v) is 2.85. The van der Waals surface area contributed by atoms with E-state index in [-0.39, 0.29) is 6.42 Å². The van der Waals surface area contributed by atoms with Crippen molar-refractivity contribution in [3.05, 3.63) is 23.1 Å². The highest BCUT2D eigenvalue weighted by Crippen LogP contribution is 2.07. The molecule has 0 saturated heterocycles. The molecule has 0 aromatic rings. The summed E-state index contributed by atoms with van der Waals surface area (Å²) in [7, 11) is 0. The molecule has 0 saturated carbocycles. The van der Waals surface area contributed by atoms with Crippen LogP contribution in [0.15, 0.2) is 17.8 Å². The van der Waals surface area contributed by atoms with E-state index < -0.39 is 30.6 Å². The molecule has 0 aliphatic rings. The van der Waals surface area contributed by atoms with Crippen LogP contribution < -0.4 is 0 Å². The lowest BCUT2D eigenvalue weighted by molar-refractivity contribution is -0.133. The molecule has 0 radical (unpaired) electrons. The van der Waals surface area contributed by atoms with Gasteiger partial charge in [-0.2, -0.15) is 0 Å². The number of aliphatic hydroxyl groups excluding tert-OH is 3. The lowest BCUT2D eigenvalue weighted by Gasteiger charge is -2.20. The number of aliphatic hydroxyl groups is 3. The van der Waals surface area contributed by atoms with Gasteiger partial charge in [0, 0.05) is 11.3 Å². The molecule has 0 bridgehead atoms. The van der Waals surface area contributed by atoms with Gasteiger partial charge in [0.25, 0.3) is 0 Å². The normalized spacial score (nSPS) is 15.9. The molecular formula is C8H13N3O4. The zero-order chi connectivity index (χ0) is 11.8. The largest absolute Gasteiger partial charge is 0.396 e. The first-order valence-corrected chi connectivity index (χ1v) is 4.23.